The Labute approximate surface area is 45.1 Å². The molecule has 0 aromatic heterocycles. The molecule has 6 heavy (non-hydrogen) atoms. The molecule has 6 heteroatoms. The van der Waals surface area contributed by atoms with E-state index in [2.05, 4.69) is 0 Å². The Balaban J connectivity index is 0. The summed E-state index contributed by atoms with van der Waals surface area (Å²) in [4.78, 5) is 13.9. The van der Waals surface area contributed by atoms with Gasteiger partial charge in [-0.2, -0.15) is 0 Å². The van der Waals surface area contributed by atoms with Crippen LogP contribution >= 0.6 is 7.91 Å². The molecule has 0 amide bonds. The summed E-state index contributed by atoms with van der Waals surface area (Å²) < 4.78 is 19.0. The van der Waals surface area contributed by atoms with Crippen LogP contribution < -0.4 is 0 Å². The first-order chi connectivity index (χ1) is 2.00. The standard InChI is InChI=1S/AsH3.FH2O3P/c;1-5(2,3)4/h1H3;(H2,2,3,4). The van der Waals surface area contributed by atoms with E-state index in [0.29, 0.717) is 0 Å². The van der Waals surface area contributed by atoms with Crippen molar-refractivity contribution in [1.29, 1.82) is 0 Å². The second kappa shape index (κ2) is 2.75. The Bertz CT molecular complexity index is 56.9. The van der Waals surface area contributed by atoms with Crippen LogP contribution in [-0.2, 0) is 4.57 Å². The van der Waals surface area contributed by atoms with Gasteiger partial charge in [0.1, 0.15) is 0 Å². The minimum atomic E-state index is -5.14. The predicted octanol–water partition coefficient (Wildman–Crippen LogP) is -1.14. The molecule has 0 aliphatic carbocycles. The van der Waals surface area contributed by atoms with Crippen LogP contribution in [0.5, 0.6) is 0 Å². The maximum atomic E-state index is 10.4. The predicted molar refractivity (Wildman–Crippen MR) is 23.1 cm³/mol. The van der Waals surface area contributed by atoms with E-state index < -0.39 is 7.91 Å². The van der Waals surface area contributed by atoms with E-state index in [0.717, 1.165) is 0 Å². The fourth-order valence-electron chi connectivity index (χ4n) is 0. The van der Waals surface area contributed by atoms with Gasteiger partial charge in [-0.05, 0) is 0 Å². The molecule has 0 rings (SSSR count). The molecule has 1 atom stereocenters. The van der Waals surface area contributed by atoms with Crippen molar-refractivity contribution in [3.05, 3.63) is 0 Å². The summed E-state index contributed by atoms with van der Waals surface area (Å²) in [5.74, 6) is 0. The average molecular weight is 178 g/mol. The van der Waals surface area contributed by atoms with Gasteiger partial charge in [-0.25, -0.2) is 4.57 Å². The molecule has 0 saturated carbocycles. The van der Waals surface area contributed by atoms with Crippen molar-refractivity contribution in [3.8, 4) is 0 Å². The van der Waals surface area contributed by atoms with E-state index in [4.69, 9.17) is 14.4 Å². The normalized spacial score (nSPS) is 9.83. The summed E-state index contributed by atoms with van der Waals surface area (Å²) in [6.45, 7) is 0. The molecule has 0 heterocycles. The molecule has 3 nitrogen and oxygen atoms in total. The molecule has 0 aromatic rings. The second-order valence-corrected chi connectivity index (χ2v) is 1.42. The van der Waals surface area contributed by atoms with Crippen LogP contribution in [0.3, 0.4) is 0 Å². The monoisotopic (exact) mass is 178 g/mol. The summed E-state index contributed by atoms with van der Waals surface area (Å²) in [7, 11) is -5.14. The SMILES string of the molecule is O=P(O)(O)F.[AsH3]. The topological polar surface area (TPSA) is 57.5 Å². The summed E-state index contributed by atoms with van der Waals surface area (Å²) in [5, 5.41) is 0. The Kier molecular flexibility index (Phi) is 4.50. The van der Waals surface area contributed by atoms with Crippen LogP contribution in [0.15, 0.2) is 0 Å². The molecule has 0 saturated heterocycles. The molecule has 0 aliphatic heterocycles. The van der Waals surface area contributed by atoms with E-state index in [1.807, 2.05) is 0 Å². The third-order valence-corrected chi connectivity index (χ3v) is 0. The van der Waals surface area contributed by atoms with Crippen molar-refractivity contribution in [1.82, 2.24) is 0 Å². The molecule has 0 bridgehead atoms. The number of hydrogen-bond donors (Lipinski definition) is 2. The summed E-state index contributed by atoms with van der Waals surface area (Å²) in [6.07, 6.45) is 0. The quantitative estimate of drug-likeness (QED) is 0.364. The first-order valence-electron chi connectivity index (χ1n) is 0.752. The van der Waals surface area contributed by atoms with E-state index in [-0.39, 0.29) is 18.0 Å². The van der Waals surface area contributed by atoms with Crippen LogP contribution in [0.25, 0.3) is 0 Å². The zero-order valence-corrected chi connectivity index (χ0v) is 6.70. The number of rotatable bonds is 0. The Morgan fingerprint density at radius 2 is 1.50 bits per heavy atom. The first kappa shape index (κ1) is 9.81. The fraction of sp³-hybridized carbons (Fsp3) is 0. The van der Waals surface area contributed by atoms with E-state index in [1.165, 1.54) is 0 Å². The van der Waals surface area contributed by atoms with Gasteiger partial charge in [-0.15, -0.1) is 4.20 Å². The third-order valence-electron chi connectivity index (χ3n) is 0. The number of halogens is 1. The average Bonchev–Trinajstić information content (AvgIpc) is 0.722. The van der Waals surface area contributed by atoms with Gasteiger partial charge in [0, 0.05) is 0 Å². The van der Waals surface area contributed by atoms with Gasteiger partial charge in [0.25, 0.3) is 0 Å². The van der Waals surface area contributed by atoms with Gasteiger partial charge >= 0.3 is 25.9 Å². The van der Waals surface area contributed by atoms with Crippen LogP contribution in [0, 0.1) is 0 Å². The van der Waals surface area contributed by atoms with Crippen LogP contribution in [-0.4, -0.2) is 27.7 Å². The molecule has 0 aromatic carbocycles. The van der Waals surface area contributed by atoms with Gasteiger partial charge < -0.3 is 0 Å². The van der Waals surface area contributed by atoms with E-state index in [1.54, 1.807) is 0 Å². The van der Waals surface area contributed by atoms with Crippen molar-refractivity contribution >= 4 is 25.9 Å². The van der Waals surface area contributed by atoms with Gasteiger partial charge in [-0.3, -0.25) is 9.79 Å². The van der Waals surface area contributed by atoms with Crippen molar-refractivity contribution < 1.29 is 18.5 Å². The molecule has 0 spiro atoms. The zero-order valence-electron chi connectivity index (χ0n) is 2.83. The molecule has 1 unspecified atom stereocenters. The van der Waals surface area contributed by atoms with Crippen molar-refractivity contribution in [2.24, 2.45) is 0 Å². The minimum absolute atomic E-state index is 0. The Morgan fingerprint density at radius 1 is 1.50 bits per heavy atom. The number of hydrogen-bond acceptors (Lipinski definition) is 1. The maximum absolute atomic E-state index is 10.4. The molecule has 0 radical (unpaired) electrons. The summed E-state index contributed by atoms with van der Waals surface area (Å²) >= 11 is 0. The molecule has 0 aliphatic rings. The van der Waals surface area contributed by atoms with Crippen LogP contribution in [0.1, 0.15) is 0 Å². The van der Waals surface area contributed by atoms with Gasteiger partial charge in [0.05, 0.1) is 0 Å². The van der Waals surface area contributed by atoms with Gasteiger partial charge in [0.15, 0.2) is 0 Å². The molecular formula is H5AsFO3P. The third kappa shape index (κ3) is 151. The first-order valence-corrected chi connectivity index (χ1v) is 2.25. The fourth-order valence-corrected chi connectivity index (χ4v) is 0. The Hall–Kier alpha value is 0.638. The molecule has 0 fully saturated rings. The van der Waals surface area contributed by atoms with Crippen molar-refractivity contribution in [2.75, 3.05) is 0 Å². The van der Waals surface area contributed by atoms with Crippen molar-refractivity contribution in [3.63, 3.8) is 0 Å². The van der Waals surface area contributed by atoms with E-state index >= 15 is 0 Å². The summed E-state index contributed by atoms with van der Waals surface area (Å²) in [5.41, 5.74) is 0. The molecule has 40 valence electrons. The summed E-state index contributed by atoms with van der Waals surface area (Å²) in [6, 6.07) is 0. The zero-order chi connectivity index (χ0) is 4.50. The van der Waals surface area contributed by atoms with Gasteiger partial charge in [-0.1, -0.05) is 0 Å². The van der Waals surface area contributed by atoms with Crippen molar-refractivity contribution in [2.45, 2.75) is 0 Å². The van der Waals surface area contributed by atoms with E-state index in [9.17, 15) is 4.20 Å². The second-order valence-electron chi connectivity index (χ2n) is 0.473. The molecular weight excluding hydrogens is 173 g/mol. The molecule has 2 N–H and O–H groups in total. The Morgan fingerprint density at radius 3 is 1.50 bits per heavy atom. The van der Waals surface area contributed by atoms with Crippen LogP contribution in [0.2, 0.25) is 0 Å². The van der Waals surface area contributed by atoms with Crippen LogP contribution in [0.4, 0.5) is 4.20 Å². The van der Waals surface area contributed by atoms with Gasteiger partial charge in [0.2, 0.25) is 0 Å².